The van der Waals surface area contributed by atoms with Crippen molar-refractivity contribution in [3.05, 3.63) is 156 Å². The van der Waals surface area contributed by atoms with Gasteiger partial charge in [-0.1, -0.05) is 121 Å². The molecule has 2 heteroatoms. The van der Waals surface area contributed by atoms with E-state index in [1.54, 1.807) is 0 Å². The van der Waals surface area contributed by atoms with Gasteiger partial charge in [-0.2, -0.15) is 0 Å². The molecule has 8 aromatic carbocycles. The summed E-state index contributed by atoms with van der Waals surface area (Å²) in [5.41, 5.74) is 9.21. The van der Waals surface area contributed by atoms with Crippen LogP contribution in [-0.4, -0.2) is 0 Å². The SMILES string of the molecule is C/C=c1/c(-c2ccccc2)c2ccccc2c(-c2cccc(-c3ccc4oc5cc6ccc7c8ccccc8sc7c6cc5c4c3)c2)/c1=C/C. The highest BCUT2D eigenvalue weighted by Gasteiger charge is 2.16. The lowest BCUT2D eigenvalue weighted by Gasteiger charge is -2.16. The van der Waals surface area contributed by atoms with E-state index in [-0.39, 0.29) is 0 Å². The summed E-state index contributed by atoms with van der Waals surface area (Å²) < 4.78 is 9.12. The molecule has 10 rings (SSSR count). The van der Waals surface area contributed by atoms with Crippen LogP contribution in [0.2, 0.25) is 0 Å². The predicted octanol–water partition coefficient (Wildman–Crippen LogP) is 12.9. The van der Waals surface area contributed by atoms with Crippen molar-refractivity contribution in [2.24, 2.45) is 0 Å². The number of furan rings is 1. The fourth-order valence-electron chi connectivity index (χ4n) is 8.12. The van der Waals surface area contributed by atoms with E-state index in [2.05, 4.69) is 172 Å². The zero-order chi connectivity index (χ0) is 33.3. The summed E-state index contributed by atoms with van der Waals surface area (Å²) in [7, 11) is 0. The molecule has 0 aliphatic rings. The zero-order valence-corrected chi connectivity index (χ0v) is 28.6. The minimum absolute atomic E-state index is 0.913. The summed E-state index contributed by atoms with van der Waals surface area (Å²) in [5.74, 6) is 0. The van der Waals surface area contributed by atoms with E-state index in [0.717, 1.165) is 21.9 Å². The first-order valence-corrected chi connectivity index (χ1v) is 18.1. The number of hydrogen-bond donors (Lipinski definition) is 0. The molecular weight excluding hydrogens is 625 g/mol. The molecule has 0 fully saturated rings. The van der Waals surface area contributed by atoms with Crippen LogP contribution in [0.25, 0.3) is 109 Å². The maximum absolute atomic E-state index is 6.46. The number of hydrogen-bond acceptors (Lipinski definition) is 2. The van der Waals surface area contributed by atoms with Crippen LogP contribution in [0.5, 0.6) is 0 Å². The molecule has 0 radical (unpaired) electrons. The summed E-state index contributed by atoms with van der Waals surface area (Å²) >= 11 is 1.88. The highest BCUT2D eigenvalue weighted by atomic mass is 32.1. The van der Waals surface area contributed by atoms with Crippen LogP contribution in [-0.2, 0) is 0 Å². The Balaban J connectivity index is 1.17. The van der Waals surface area contributed by atoms with Crippen molar-refractivity contribution in [1.82, 2.24) is 0 Å². The fraction of sp³-hybridized carbons (Fsp3) is 0.0417. The third kappa shape index (κ3) is 4.32. The van der Waals surface area contributed by atoms with Crippen molar-refractivity contribution >= 4 is 87.1 Å². The van der Waals surface area contributed by atoms with E-state index >= 15 is 0 Å². The van der Waals surface area contributed by atoms with Gasteiger partial charge in [-0.25, -0.2) is 0 Å². The van der Waals surface area contributed by atoms with Gasteiger partial charge in [0.25, 0.3) is 0 Å². The van der Waals surface area contributed by atoms with Gasteiger partial charge >= 0.3 is 0 Å². The maximum Gasteiger partial charge on any atom is 0.136 e. The highest BCUT2D eigenvalue weighted by Crippen LogP contribution is 2.42. The van der Waals surface area contributed by atoms with Gasteiger partial charge in [0.15, 0.2) is 0 Å². The zero-order valence-electron chi connectivity index (χ0n) is 27.8. The lowest BCUT2D eigenvalue weighted by atomic mass is 9.87. The number of fused-ring (bicyclic) bond motifs is 9. The van der Waals surface area contributed by atoms with Crippen LogP contribution in [0.1, 0.15) is 13.8 Å². The molecule has 0 aliphatic heterocycles. The van der Waals surface area contributed by atoms with Gasteiger partial charge in [-0.15, -0.1) is 11.3 Å². The van der Waals surface area contributed by atoms with E-state index in [1.807, 2.05) is 11.3 Å². The summed E-state index contributed by atoms with van der Waals surface area (Å²) in [6.07, 6.45) is 4.55. The van der Waals surface area contributed by atoms with Gasteiger partial charge in [0.05, 0.1) is 0 Å². The Kier molecular flexibility index (Phi) is 6.55. The average molecular weight is 657 g/mol. The molecule has 0 saturated heterocycles. The van der Waals surface area contributed by atoms with Gasteiger partial charge in [-0.3, -0.25) is 0 Å². The first-order chi connectivity index (χ1) is 24.7. The molecular formula is C48H32OS. The maximum atomic E-state index is 6.46. The molecule has 0 unspecified atom stereocenters. The molecule has 50 heavy (non-hydrogen) atoms. The van der Waals surface area contributed by atoms with Crippen LogP contribution in [0, 0.1) is 0 Å². The van der Waals surface area contributed by atoms with E-state index < -0.39 is 0 Å². The topological polar surface area (TPSA) is 13.1 Å². The third-order valence-electron chi connectivity index (χ3n) is 10.4. The van der Waals surface area contributed by atoms with Crippen molar-refractivity contribution in [3.63, 3.8) is 0 Å². The molecule has 0 aliphatic carbocycles. The Morgan fingerprint density at radius 2 is 1.06 bits per heavy atom. The first-order valence-electron chi connectivity index (χ1n) is 17.2. The quantitative estimate of drug-likeness (QED) is 0.184. The molecule has 1 nitrogen and oxygen atoms in total. The lowest BCUT2D eigenvalue weighted by Crippen LogP contribution is -2.29. The van der Waals surface area contributed by atoms with Gasteiger partial charge in [0.1, 0.15) is 11.2 Å². The smallest absolute Gasteiger partial charge is 0.136 e. The molecule has 2 heterocycles. The van der Waals surface area contributed by atoms with Crippen LogP contribution in [0.4, 0.5) is 0 Å². The van der Waals surface area contributed by atoms with Gasteiger partial charge in [0.2, 0.25) is 0 Å². The van der Waals surface area contributed by atoms with Gasteiger partial charge < -0.3 is 4.42 Å². The van der Waals surface area contributed by atoms with Crippen LogP contribution < -0.4 is 10.4 Å². The summed E-state index contributed by atoms with van der Waals surface area (Å²) in [5, 5.41) is 12.5. The molecule has 0 N–H and O–H groups in total. The molecule has 236 valence electrons. The standard InChI is InChI=1S/C48H32OS/c1-3-34-35(4-2)47(38-19-9-8-18-37(38)46(34)29-13-6-5-7-14-29)33-16-12-15-30(25-33)31-22-24-43-41(26-31)42-28-40-32(27-44(42)49-43)21-23-39-36-17-10-11-20-45(36)50-48(39)40/h3-28H,1-2H3/b34-3+,35-4+. The lowest BCUT2D eigenvalue weighted by molar-refractivity contribution is 0.669. The van der Waals surface area contributed by atoms with E-state index in [9.17, 15) is 0 Å². The molecule has 2 aromatic heterocycles. The summed E-state index contributed by atoms with van der Waals surface area (Å²) in [6, 6.07) is 53.1. The highest BCUT2D eigenvalue weighted by molar-refractivity contribution is 7.26. The molecule has 0 amide bonds. The average Bonchev–Trinajstić information content (AvgIpc) is 3.74. The molecule has 0 atom stereocenters. The van der Waals surface area contributed by atoms with Crippen molar-refractivity contribution in [1.29, 1.82) is 0 Å². The minimum Gasteiger partial charge on any atom is -0.456 e. The van der Waals surface area contributed by atoms with Gasteiger partial charge in [0, 0.05) is 36.3 Å². The van der Waals surface area contributed by atoms with Crippen molar-refractivity contribution in [3.8, 4) is 33.4 Å². The monoisotopic (exact) mass is 656 g/mol. The summed E-state index contributed by atoms with van der Waals surface area (Å²) in [6.45, 7) is 4.32. The number of benzene rings is 8. The Labute approximate surface area is 293 Å². The number of rotatable bonds is 3. The van der Waals surface area contributed by atoms with Gasteiger partial charge in [-0.05, 0) is 110 Å². The molecule has 10 aromatic rings. The Hall–Kier alpha value is -5.96. The molecule has 0 bridgehead atoms. The summed E-state index contributed by atoms with van der Waals surface area (Å²) in [4.78, 5) is 0. The fourth-order valence-corrected chi connectivity index (χ4v) is 9.35. The van der Waals surface area contributed by atoms with Crippen molar-refractivity contribution in [2.45, 2.75) is 13.8 Å². The van der Waals surface area contributed by atoms with Crippen molar-refractivity contribution in [2.75, 3.05) is 0 Å². The normalized spacial score (nSPS) is 12.8. The van der Waals surface area contributed by atoms with E-state index in [1.165, 1.54) is 85.5 Å². The first kappa shape index (κ1) is 29.0. The van der Waals surface area contributed by atoms with Crippen LogP contribution in [0.15, 0.2) is 150 Å². The van der Waals surface area contributed by atoms with Crippen molar-refractivity contribution < 1.29 is 4.42 Å². The minimum atomic E-state index is 0.913. The van der Waals surface area contributed by atoms with Crippen LogP contribution in [0.3, 0.4) is 0 Å². The molecule has 0 spiro atoms. The van der Waals surface area contributed by atoms with E-state index in [0.29, 0.717) is 0 Å². The van der Waals surface area contributed by atoms with Crippen LogP contribution >= 0.6 is 11.3 Å². The Morgan fingerprint density at radius 1 is 0.420 bits per heavy atom. The largest absolute Gasteiger partial charge is 0.456 e. The molecule has 0 saturated carbocycles. The second kappa shape index (κ2) is 11.3. The number of thiophene rings is 1. The third-order valence-corrected chi connectivity index (χ3v) is 11.6. The Bertz CT molecular complexity index is 3100. The predicted molar refractivity (Wildman–Crippen MR) is 217 cm³/mol. The van der Waals surface area contributed by atoms with E-state index in [4.69, 9.17) is 4.42 Å². The second-order valence-electron chi connectivity index (χ2n) is 13.1. The Morgan fingerprint density at radius 3 is 1.84 bits per heavy atom. The second-order valence-corrected chi connectivity index (χ2v) is 14.1.